The quantitative estimate of drug-likeness (QED) is 0.287. The predicted octanol–water partition coefficient (Wildman–Crippen LogP) is 3.02. The van der Waals surface area contributed by atoms with Crippen molar-refractivity contribution in [1.82, 2.24) is 10.6 Å². The van der Waals surface area contributed by atoms with Crippen LogP contribution in [-0.2, 0) is 4.74 Å². The zero-order chi connectivity index (χ0) is 14.1. The molecule has 1 aliphatic rings. The zero-order valence-electron chi connectivity index (χ0n) is 13.5. The first kappa shape index (κ1) is 20.0. The van der Waals surface area contributed by atoms with E-state index >= 15 is 0 Å². The average Bonchev–Trinajstić information content (AvgIpc) is 2.34. The first-order chi connectivity index (χ1) is 9.12. The smallest absolute Gasteiger partial charge is 0.191 e. The molecule has 1 fully saturated rings. The van der Waals surface area contributed by atoms with Crippen LogP contribution in [0.1, 0.15) is 46.5 Å². The van der Waals surface area contributed by atoms with Gasteiger partial charge < -0.3 is 15.4 Å². The molecule has 5 heteroatoms. The first-order valence-corrected chi connectivity index (χ1v) is 7.64. The summed E-state index contributed by atoms with van der Waals surface area (Å²) in [5.41, 5.74) is 0.520. The Morgan fingerprint density at radius 3 is 2.45 bits per heavy atom. The van der Waals surface area contributed by atoms with Gasteiger partial charge in [0.05, 0.1) is 6.61 Å². The summed E-state index contributed by atoms with van der Waals surface area (Å²) in [6, 6.07) is 0. The summed E-state index contributed by atoms with van der Waals surface area (Å²) in [7, 11) is 1.82. The van der Waals surface area contributed by atoms with Crippen molar-refractivity contribution in [2.75, 3.05) is 33.4 Å². The molecule has 0 unspecified atom stereocenters. The Balaban J connectivity index is 0.00000361. The summed E-state index contributed by atoms with van der Waals surface area (Å²) in [4.78, 5) is 4.26. The summed E-state index contributed by atoms with van der Waals surface area (Å²) in [6.45, 7) is 10.0. The van der Waals surface area contributed by atoms with Gasteiger partial charge in [-0.05, 0) is 30.6 Å². The molecular weight excluding hydrogens is 365 g/mol. The molecule has 2 N–H and O–H groups in total. The van der Waals surface area contributed by atoms with Crippen LogP contribution in [0.5, 0.6) is 0 Å². The second-order valence-electron chi connectivity index (χ2n) is 6.03. The van der Waals surface area contributed by atoms with Crippen molar-refractivity contribution in [3.8, 4) is 0 Å². The molecule has 120 valence electrons. The Kier molecular flexibility index (Phi) is 10.6. The molecule has 20 heavy (non-hydrogen) atoms. The van der Waals surface area contributed by atoms with Crippen LogP contribution in [0.25, 0.3) is 0 Å². The molecule has 1 aliphatic carbocycles. The van der Waals surface area contributed by atoms with Crippen molar-refractivity contribution in [1.29, 1.82) is 0 Å². The van der Waals surface area contributed by atoms with E-state index in [2.05, 4.69) is 36.4 Å². The van der Waals surface area contributed by atoms with Crippen molar-refractivity contribution in [2.45, 2.75) is 46.5 Å². The number of halogens is 1. The maximum absolute atomic E-state index is 5.54. The topological polar surface area (TPSA) is 45.7 Å². The third-order valence-corrected chi connectivity index (χ3v) is 4.01. The van der Waals surface area contributed by atoms with E-state index in [1.807, 2.05) is 7.05 Å². The Morgan fingerprint density at radius 1 is 1.30 bits per heavy atom. The standard InChI is InChI=1S/C15H31N3O.HI/c1-5-15(7-6-8-15)12-18-14(16-4)17-9-10-19-11-13(2)3;/h13H,5-12H2,1-4H3,(H2,16,17,18);1H. The van der Waals surface area contributed by atoms with Crippen molar-refractivity contribution < 1.29 is 4.74 Å². The lowest BCUT2D eigenvalue weighted by molar-refractivity contribution is 0.113. The number of nitrogens with one attached hydrogen (secondary N) is 2. The second-order valence-corrected chi connectivity index (χ2v) is 6.03. The van der Waals surface area contributed by atoms with Crippen LogP contribution in [-0.4, -0.2) is 39.3 Å². The van der Waals surface area contributed by atoms with Gasteiger partial charge in [0, 0.05) is 26.7 Å². The minimum Gasteiger partial charge on any atom is -0.379 e. The van der Waals surface area contributed by atoms with Crippen molar-refractivity contribution in [2.24, 2.45) is 16.3 Å². The van der Waals surface area contributed by atoms with Crippen LogP contribution >= 0.6 is 24.0 Å². The highest BCUT2D eigenvalue weighted by Gasteiger charge is 2.34. The molecule has 0 radical (unpaired) electrons. The number of ether oxygens (including phenoxy) is 1. The molecule has 0 amide bonds. The van der Waals surface area contributed by atoms with E-state index in [-0.39, 0.29) is 24.0 Å². The zero-order valence-corrected chi connectivity index (χ0v) is 15.8. The molecule has 1 rings (SSSR count). The fraction of sp³-hybridized carbons (Fsp3) is 0.933. The molecule has 0 aromatic carbocycles. The number of rotatable bonds is 8. The van der Waals surface area contributed by atoms with Gasteiger partial charge in [0.15, 0.2) is 5.96 Å². The molecule has 4 nitrogen and oxygen atoms in total. The number of guanidine groups is 1. The lowest BCUT2D eigenvalue weighted by atomic mass is 9.67. The summed E-state index contributed by atoms with van der Waals surface area (Å²) >= 11 is 0. The Hall–Kier alpha value is -0.0400. The van der Waals surface area contributed by atoms with Gasteiger partial charge in [0.25, 0.3) is 0 Å². The van der Waals surface area contributed by atoms with Gasteiger partial charge in [0.1, 0.15) is 0 Å². The van der Waals surface area contributed by atoms with Gasteiger partial charge in [-0.1, -0.05) is 27.2 Å². The maximum Gasteiger partial charge on any atom is 0.191 e. The van der Waals surface area contributed by atoms with Crippen molar-refractivity contribution in [3.63, 3.8) is 0 Å². The number of hydrogen-bond donors (Lipinski definition) is 2. The molecule has 0 aromatic rings. The van der Waals surface area contributed by atoms with Crippen molar-refractivity contribution in [3.05, 3.63) is 0 Å². The molecule has 0 aliphatic heterocycles. The summed E-state index contributed by atoms with van der Waals surface area (Å²) in [6.07, 6.45) is 5.34. The molecule has 0 spiro atoms. The average molecular weight is 397 g/mol. The Morgan fingerprint density at radius 2 is 2.00 bits per heavy atom. The number of nitrogens with zero attached hydrogens (tertiary/aromatic N) is 1. The molecule has 1 saturated carbocycles. The normalized spacial score (nSPS) is 17.4. The van der Waals surface area contributed by atoms with Crippen LogP contribution in [0, 0.1) is 11.3 Å². The van der Waals surface area contributed by atoms with Crippen LogP contribution < -0.4 is 10.6 Å². The minimum absolute atomic E-state index is 0. The molecule has 0 heterocycles. The Bertz CT molecular complexity index is 273. The van der Waals surface area contributed by atoms with E-state index in [1.165, 1.54) is 25.7 Å². The van der Waals surface area contributed by atoms with E-state index < -0.39 is 0 Å². The molecule has 0 saturated heterocycles. The molecular formula is C15H32IN3O. The van der Waals surface area contributed by atoms with Crippen molar-refractivity contribution >= 4 is 29.9 Å². The fourth-order valence-electron chi connectivity index (χ4n) is 2.38. The highest BCUT2D eigenvalue weighted by Crippen LogP contribution is 2.42. The van der Waals surface area contributed by atoms with Gasteiger partial charge in [-0.15, -0.1) is 24.0 Å². The lowest BCUT2D eigenvalue weighted by Gasteiger charge is -2.41. The fourth-order valence-corrected chi connectivity index (χ4v) is 2.38. The van der Waals surface area contributed by atoms with Gasteiger partial charge in [-0.2, -0.15) is 0 Å². The van der Waals surface area contributed by atoms with Crippen LogP contribution in [0.4, 0.5) is 0 Å². The largest absolute Gasteiger partial charge is 0.379 e. The minimum atomic E-state index is 0. The van der Waals surface area contributed by atoms with E-state index in [9.17, 15) is 0 Å². The van der Waals surface area contributed by atoms with E-state index in [1.54, 1.807) is 0 Å². The summed E-state index contributed by atoms with van der Waals surface area (Å²) in [5.74, 6) is 1.49. The van der Waals surface area contributed by atoms with Crippen LogP contribution in [0.3, 0.4) is 0 Å². The van der Waals surface area contributed by atoms with E-state index in [0.717, 1.165) is 32.3 Å². The first-order valence-electron chi connectivity index (χ1n) is 7.64. The summed E-state index contributed by atoms with van der Waals surface area (Å²) < 4.78 is 5.54. The Labute approximate surface area is 141 Å². The van der Waals surface area contributed by atoms with Gasteiger partial charge in [-0.3, -0.25) is 4.99 Å². The lowest BCUT2D eigenvalue weighted by Crippen LogP contribution is -2.46. The number of aliphatic imine (C=N–C) groups is 1. The van der Waals surface area contributed by atoms with Gasteiger partial charge in [0.2, 0.25) is 0 Å². The van der Waals surface area contributed by atoms with Gasteiger partial charge in [-0.25, -0.2) is 0 Å². The molecule has 0 atom stereocenters. The van der Waals surface area contributed by atoms with Crippen LogP contribution in [0.15, 0.2) is 4.99 Å². The third kappa shape index (κ3) is 7.11. The molecule has 0 aromatic heterocycles. The summed E-state index contributed by atoms with van der Waals surface area (Å²) in [5, 5.41) is 6.75. The van der Waals surface area contributed by atoms with E-state index in [0.29, 0.717) is 11.3 Å². The molecule has 0 bridgehead atoms. The van der Waals surface area contributed by atoms with E-state index in [4.69, 9.17) is 4.74 Å². The van der Waals surface area contributed by atoms with Gasteiger partial charge >= 0.3 is 0 Å². The second kappa shape index (κ2) is 10.7. The SMILES string of the molecule is CCC1(CNC(=NC)NCCOCC(C)C)CCC1.I. The maximum atomic E-state index is 5.54. The predicted molar refractivity (Wildman–Crippen MR) is 97.0 cm³/mol. The van der Waals surface area contributed by atoms with Crippen LogP contribution in [0.2, 0.25) is 0 Å². The highest BCUT2D eigenvalue weighted by molar-refractivity contribution is 14.0. The number of hydrogen-bond acceptors (Lipinski definition) is 2. The highest BCUT2D eigenvalue weighted by atomic mass is 127. The third-order valence-electron chi connectivity index (χ3n) is 4.01. The monoisotopic (exact) mass is 397 g/mol.